The number of thiazole rings is 1. The van der Waals surface area contributed by atoms with Crippen LogP contribution in [-0.2, 0) is 4.79 Å². The van der Waals surface area contributed by atoms with E-state index in [1.165, 1.54) is 11.3 Å². The number of hydrogen-bond donors (Lipinski definition) is 3. The highest BCUT2D eigenvalue weighted by Gasteiger charge is 2.26. The lowest BCUT2D eigenvalue weighted by molar-refractivity contribution is -0.131. The fourth-order valence-electron chi connectivity index (χ4n) is 2.26. The summed E-state index contributed by atoms with van der Waals surface area (Å²) >= 11 is 1.19. The number of rotatable bonds is 5. The number of nitrogens with zero attached hydrogens (tertiary/aromatic N) is 2. The second-order valence-corrected chi connectivity index (χ2v) is 5.99. The van der Waals surface area contributed by atoms with E-state index in [4.69, 9.17) is 5.73 Å². The number of nitrogen functional groups attached to an aromatic ring is 1. The molecule has 0 radical (unpaired) electrons. The first-order chi connectivity index (χ1) is 10.0. The number of anilines is 2. The average molecular weight is 311 g/mol. The van der Waals surface area contributed by atoms with Gasteiger partial charge in [0, 0.05) is 19.6 Å². The molecule has 0 aromatic carbocycles. The molecule has 21 heavy (non-hydrogen) atoms. The molecule has 1 atom stereocenters. The molecule has 0 aliphatic carbocycles. The fraction of sp³-hybridized carbons (Fsp3) is 0.615. The highest BCUT2D eigenvalue weighted by molar-refractivity contribution is 7.18. The van der Waals surface area contributed by atoms with Gasteiger partial charge in [-0.1, -0.05) is 11.3 Å². The van der Waals surface area contributed by atoms with Gasteiger partial charge >= 0.3 is 0 Å². The van der Waals surface area contributed by atoms with E-state index in [1.54, 1.807) is 11.8 Å². The molecule has 2 rings (SSSR count). The molecule has 1 saturated heterocycles. The lowest BCUT2D eigenvalue weighted by Crippen LogP contribution is -2.45. The molecule has 2 heterocycles. The Bertz CT molecular complexity index is 525. The number of aromatic nitrogens is 1. The molecule has 0 bridgehead atoms. The van der Waals surface area contributed by atoms with Crippen molar-refractivity contribution >= 4 is 34.1 Å². The van der Waals surface area contributed by atoms with Gasteiger partial charge in [0.2, 0.25) is 5.91 Å². The van der Waals surface area contributed by atoms with Gasteiger partial charge in [0.05, 0.1) is 0 Å². The van der Waals surface area contributed by atoms with E-state index in [-0.39, 0.29) is 17.6 Å². The molecule has 1 aliphatic rings. The summed E-state index contributed by atoms with van der Waals surface area (Å²) in [7, 11) is 0. The fourth-order valence-corrected chi connectivity index (χ4v) is 3.11. The Morgan fingerprint density at radius 2 is 2.10 bits per heavy atom. The van der Waals surface area contributed by atoms with Crippen LogP contribution >= 0.6 is 11.3 Å². The Kier molecular flexibility index (Phi) is 5.00. The SMILES string of the molecule is CCNc1nc(N)c(C(=O)NC(C)C(=O)N2CCCC2)s1. The van der Waals surface area contributed by atoms with Gasteiger partial charge in [-0.25, -0.2) is 4.98 Å². The van der Waals surface area contributed by atoms with Gasteiger partial charge in [-0.2, -0.15) is 0 Å². The molecule has 0 saturated carbocycles. The summed E-state index contributed by atoms with van der Waals surface area (Å²) in [6.45, 7) is 5.88. The molecule has 1 aromatic heterocycles. The molecule has 8 heteroatoms. The molecule has 1 unspecified atom stereocenters. The predicted molar refractivity (Wildman–Crippen MR) is 83.4 cm³/mol. The highest BCUT2D eigenvalue weighted by atomic mass is 32.1. The summed E-state index contributed by atoms with van der Waals surface area (Å²) in [6.07, 6.45) is 2.06. The minimum absolute atomic E-state index is 0.0455. The maximum Gasteiger partial charge on any atom is 0.265 e. The first-order valence-corrected chi connectivity index (χ1v) is 7.94. The van der Waals surface area contributed by atoms with Crippen molar-refractivity contribution in [3.63, 3.8) is 0 Å². The van der Waals surface area contributed by atoms with Crippen LogP contribution < -0.4 is 16.4 Å². The van der Waals surface area contributed by atoms with Crippen LogP contribution in [0.2, 0.25) is 0 Å². The molecule has 4 N–H and O–H groups in total. The Labute approximate surface area is 127 Å². The average Bonchev–Trinajstić information content (AvgIpc) is 3.08. The number of nitrogens with one attached hydrogen (secondary N) is 2. The van der Waals surface area contributed by atoms with Gasteiger partial charge in [0.15, 0.2) is 5.13 Å². The zero-order valence-corrected chi connectivity index (χ0v) is 13.1. The Balaban J connectivity index is 1.98. The van der Waals surface area contributed by atoms with Crippen molar-refractivity contribution in [2.24, 2.45) is 0 Å². The van der Waals surface area contributed by atoms with Crippen molar-refractivity contribution in [2.45, 2.75) is 32.7 Å². The second kappa shape index (κ2) is 6.75. The van der Waals surface area contributed by atoms with Crippen molar-refractivity contribution in [1.29, 1.82) is 0 Å². The highest BCUT2D eigenvalue weighted by Crippen LogP contribution is 2.24. The van der Waals surface area contributed by atoms with E-state index in [9.17, 15) is 9.59 Å². The van der Waals surface area contributed by atoms with Crippen LogP contribution in [0, 0.1) is 0 Å². The van der Waals surface area contributed by atoms with Crippen LogP contribution in [0.15, 0.2) is 0 Å². The first-order valence-electron chi connectivity index (χ1n) is 7.12. The van der Waals surface area contributed by atoms with Crippen LogP contribution in [0.25, 0.3) is 0 Å². The number of amides is 2. The minimum Gasteiger partial charge on any atom is -0.382 e. The predicted octanol–water partition coefficient (Wildman–Crippen LogP) is 0.898. The van der Waals surface area contributed by atoms with E-state index in [0.29, 0.717) is 16.6 Å². The molecular weight excluding hydrogens is 290 g/mol. The third kappa shape index (κ3) is 3.63. The van der Waals surface area contributed by atoms with Crippen LogP contribution in [0.4, 0.5) is 10.9 Å². The zero-order valence-electron chi connectivity index (χ0n) is 12.3. The van der Waals surface area contributed by atoms with Gasteiger partial charge in [0.25, 0.3) is 5.91 Å². The Hall–Kier alpha value is -1.83. The van der Waals surface area contributed by atoms with E-state index >= 15 is 0 Å². The van der Waals surface area contributed by atoms with Crippen molar-refractivity contribution in [1.82, 2.24) is 15.2 Å². The van der Waals surface area contributed by atoms with Crippen LogP contribution in [-0.4, -0.2) is 47.4 Å². The van der Waals surface area contributed by atoms with E-state index in [2.05, 4.69) is 15.6 Å². The van der Waals surface area contributed by atoms with Crippen LogP contribution in [0.5, 0.6) is 0 Å². The number of carbonyl (C=O) groups excluding carboxylic acids is 2. The van der Waals surface area contributed by atoms with Gasteiger partial charge < -0.3 is 21.3 Å². The third-order valence-electron chi connectivity index (χ3n) is 3.32. The molecular formula is C13H21N5O2S. The summed E-state index contributed by atoms with van der Waals surface area (Å²) in [5, 5.41) is 6.33. The van der Waals surface area contributed by atoms with Gasteiger partial charge in [-0.05, 0) is 26.7 Å². The largest absolute Gasteiger partial charge is 0.382 e. The number of nitrogens with two attached hydrogens (primary N) is 1. The smallest absolute Gasteiger partial charge is 0.265 e. The lowest BCUT2D eigenvalue weighted by Gasteiger charge is -2.20. The minimum atomic E-state index is -0.556. The molecule has 1 aliphatic heterocycles. The van der Waals surface area contributed by atoms with Crippen molar-refractivity contribution in [2.75, 3.05) is 30.7 Å². The number of carbonyl (C=O) groups is 2. The molecule has 7 nitrogen and oxygen atoms in total. The molecule has 1 fully saturated rings. The summed E-state index contributed by atoms with van der Waals surface area (Å²) in [4.78, 5) is 30.6. The summed E-state index contributed by atoms with van der Waals surface area (Å²) in [6, 6.07) is -0.556. The summed E-state index contributed by atoms with van der Waals surface area (Å²) in [5.74, 6) is -0.209. The van der Waals surface area contributed by atoms with Gasteiger partial charge in [0.1, 0.15) is 16.7 Å². The molecule has 0 spiro atoms. The zero-order chi connectivity index (χ0) is 15.4. The standard InChI is InChI=1S/C13H21N5O2S/c1-3-15-13-17-10(14)9(21-13)11(19)16-8(2)12(20)18-6-4-5-7-18/h8H,3-7,14H2,1-2H3,(H,15,17)(H,16,19). The van der Waals surface area contributed by atoms with Crippen molar-refractivity contribution in [3.8, 4) is 0 Å². The van der Waals surface area contributed by atoms with E-state index in [0.717, 1.165) is 25.9 Å². The molecule has 1 aromatic rings. The maximum atomic E-state index is 12.2. The van der Waals surface area contributed by atoms with Crippen molar-refractivity contribution in [3.05, 3.63) is 4.88 Å². The Morgan fingerprint density at radius 3 is 2.71 bits per heavy atom. The topological polar surface area (TPSA) is 100 Å². The van der Waals surface area contributed by atoms with Gasteiger partial charge in [-0.3, -0.25) is 9.59 Å². The van der Waals surface area contributed by atoms with Crippen molar-refractivity contribution < 1.29 is 9.59 Å². The Morgan fingerprint density at radius 1 is 1.43 bits per heavy atom. The summed E-state index contributed by atoms with van der Waals surface area (Å²) in [5.41, 5.74) is 5.75. The molecule has 116 valence electrons. The van der Waals surface area contributed by atoms with Crippen LogP contribution in [0.3, 0.4) is 0 Å². The monoisotopic (exact) mass is 311 g/mol. The normalized spacial score (nSPS) is 15.8. The van der Waals surface area contributed by atoms with E-state index < -0.39 is 6.04 Å². The molecule has 2 amide bonds. The summed E-state index contributed by atoms with van der Waals surface area (Å²) < 4.78 is 0. The lowest BCUT2D eigenvalue weighted by atomic mass is 10.3. The maximum absolute atomic E-state index is 12.2. The van der Waals surface area contributed by atoms with Gasteiger partial charge in [-0.15, -0.1) is 0 Å². The third-order valence-corrected chi connectivity index (χ3v) is 4.35. The van der Waals surface area contributed by atoms with E-state index in [1.807, 2.05) is 6.92 Å². The number of hydrogen-bond acceptors (Lipinski definition) is 6. The van der Waals surface area contributed by atoms with Crippen LogP contribution in [0.1, 0.15) is 36.4 Å². The second-order valence-electron chi connectivity index (χ2n) is 4.99. The quantitative estimate of drug-likeness (QED) is 0.750. The number of likely N-dealkylation sites (tertiary alicyclic amines) is 1. The first kappa shape index (κ1) is 15.6.